The van der Waals surface area contributed by atoms with E-state index in [0.717, 1.165) is 55.6 Å². The van der Waals surface area contributed by atoms with Crippen LogP contribution in [0.25, 0.3) is 0 Å². The summed E-state index contributed by atoms with van der Waals surface area (Å²) in [5, 5.41) is 0. The first-order valence-corrected chi connectivity index (χ1v) is 44.5. The van der Waals surface area contributed by atoms with Crippen LogP contribution in [0.15, 0.2) is 95.0 Å². The average molecular weight is 1340 g/mol. The molecule has 0 fully saturated rings. The number of allylic oxidation sites excluding steroid dienone is 6. The molecule has 2 aromatic carbocycles. The summed E-state index contributed by atoms with van der Waals surface area (Å²) in [4.78, 5) is 11.5. The zero-order chi connectivity index (χ0) is 69.0. The van der Waals surface area contributed by atoms with Crippen molar-refractivity contribution in [2.24, 2.45) is 9.98 Å². The molecule has 0 unspecified atom stereocenters. The molecule has 0 aliphatic carbocycles. The van der Waals surface area contributed by atoms with Crippen LogP contribution in [-0.2, 0) is 12.8 Å². The minimum Gasteiger partial charge on any atom is -0.251 e. The van der Waals surface area contributed by atoms with Crippen LogP contribution in [0.1, 0.15) is 482 Å². The summed E-state index contributed by atoms with van der Waals surface area (Å²) in [6, 6.07) is 18.2. The SMILES string of the molecule is CCCCCCCCCCCCCCCC/C=C/C(=Nc1ccccc1CC/C=C/CCCCCCCCCCCCCCCCCCC)C(CCCCCCCCCCCCCCCCC)=Nc1ccccc1CC/C=C/CCCCCCCCCCCCCCCCCCC. The smallest absolute Gasteiger partial charge is 0.0848 e. The summed E-state index contributed by atoms with van der Waals surface area (Å²) >= 11 is 0. The van der Waals surface area contributed by atoms with Gasteiger partial charge in [-0.25, -0.2) is 4.99 Å². The van der Waals surface area contributed by atoms with Crippen LogP contribution in [0, 0.1) is 0 Å². The molecule has 558 valence electrons. The van der Waals surface area contributed by atoms with Gasteiger partial charge in [0.2, 0.25) is 0 Å². The van der Waals surface area contributed by atoms with E-state index in [1.54, 1.807) is 0 Å². The van der Waals surface area contributed by atoms with Gasteiger partial charge < -0.3 is 0 Å². The molecule has 0 amide bonds. The van der Waals surface area contributed by atoms with Crippen LogP contribution in [-0.4, -0.2) is 11.4 Å². The maximum absolute atomic E-state index is 5.74. The Morgan fingerprint density at radius 2 is 0.443 bits per heavy atom. The van der Waals surface area contributed by atoms with Gasteiger partial charge in [-0.15, -0.1) is 0 Å². The van der Waals surface area contributed by atoms with Crippen LogP contribution in [0.4, 0.5) is 11.4 Å². The van der Waals surface area contributed by atoms with Gasteiger partial charge in [-0.2, -0.15) is 0 Å². The number of unbranched alkanes of at least 4 members (excludes halogenated alkanes) is 62. The maximum Gasteiger partial charge on any atom is 0.0848 e. The van der Waals surface area contributed by atoms with Crippen LogP contribution < -0.4 is 0 Å². The van der Waals surface area contributed by atoms with Gasteiger partial charge in [0.05, 0.1) is 22.8 Å². The molecule has 2 nitrogen and oxygen atoms in total. The second-order valence-electron chi connectivity index (χ2n) is 30.7. The van der Waals surface area contributed by atoms with Crippen molar-refractivity contribution in [1.82, 2.24) is 0 Å². The molecular formula is C95H168N2. The molecule has 0 aliphatic rings. The third kappa shape index (κ3) is 61.4. The van der Waals surface area contributed by atoms with E-state index in [0.29, 0.717) is 0 Å². The van der Waals surface area contributed by atoms with Gasteiger partial charge in [-0.05, 0) is 106 Å². The Balaban J connectivity index is 2.11. The quantitative estimate of drug-likeness (QED) is 0.0358. The largest absolute Gasteiger partial charge is 0.251 e. The van der Waals surface area contributed by atoms with Gasteiger partial charge in [-0.1, -0.05) is 473 Å². The lowest BCUT2D eigenvalue weighted by Gasteiger charge is -2.12. The van der Waals surface area contributed by atoms with Crippen molar-refractivity contribution < 1.29 is 0 Å². The lowest BCUT2D eigenvalue weighted by molar-refractivity contribution is 0.527. The van der Waals surface area contributed by atoms with E-state index < -0.39 is 0 Å². The van der Waals surface area contributed by atoms with Gasteiger partial charge in [-0.3, -0.25) is 4.99 Å². The van der Waals surface area contributed by atoms with Crippen molar-refractivity contribution in [3.8, 4) is 0 Å². The Hall–Kier alpha value is -3.00. The Morgan fingerprint density at radius 1 is 0.227 bits per heavy atom. The van der Waals surface area contributed by atoms with Crippen molar-refractivity contribution in [2.75, 3.05) is 0 Å². The summed E-state index contributed by atoms with van der Waals surface area (Å²) < 4.78 is 0. The predicted octanol–water partition coefficient (Wildman–Crippen LogP) is 34.3. The minimum atomic E-state index is 0.970. The van der Waals surface area contributed by atoms with Gasteiger partial charge >= 0.3 is 0 Å². The lowest BCUT2D eigenvalue weighted by Crippen LogP contribution is -2.12. The first-order valence-electron chi connectivity index (χ1n) is 44.5. The number of benzene rings is 2. The molecule has 2 aromatic rings. The summed E-state index contributed by atoms with van der Waals surface area (Å²) in [7, 11) is 0. The van der Waals surface area contributed by atoms with E-state index in [2.05, 4.69) is 113 Å². The van der Waals surface area contributed by atoms with Gasteiger partial charge in [0.1, 0.15) is 0 Å². The number of hydrogen-bond acceptors (Lipinski definition) is 2. The number of rotatable bonds is 77. The second-order valence-corrected chi connectivity index (χ2v) is 30.7. The number of nitrogens with zero attached hydrogens (tertiary/aromatic N) is 2. The van der Waals surface area contributed by atoms with Crippen LogP contribution >= 0.6 is 0 Å². The number of para-hydroxylation sites is 2. The fourth-order valence-corrected chi connectivity index (χ4v) is 14.6. The van der Waals surface area contributed by atoms with Crippen LogP contribution in [0.5, 0.6) is 0 Å². The number of hydrogen-bond donors (Lipinski definition) is 0. The van der Waals surface area contributed by atoms with Crippen molar-refractivity contribution in [1.29, 1.82) is 0 Å². The van der Waals surface area contributed by atoms with Crippen molar-refractivity contribution >= 4 is 22.8 Å². The van der Waals surface area contributed by atoms with Crippen LogP contribution in [0.2, 0.25) is 0 Å². The molecule has 0 radical (unpaired) electrons. The third-order valence-corrected chi connectivity index (χ3v) is 21.2. The Bertz CT molecular complexity index is 2050. The highest BCUT2D eigenvalue weighted by Gasteiger charge is 2.12. The first-order chi connectivity index (χ1) is 48.2. The van der Waals surface area contributed by atoms with E-state index in [1.165, 1.54) is 434 Å². The third-order valence-electron chi connectivity index (χ3n) is 21.2. The molecule has 97 heavy (non-hydrogen) atoms. The zero-order valence-electron chi connectivity index (χ0n) is 66.2. The molecule has 0 heterocycles. The van der Waals surface area contributed by atoms with E-state index in [4.69, 9.17) is 9.98 Å². The molecule has 0 N–H and O–H groups in total. The zero-order valence-corrected chi connectivity index (χ0v) is 66.2. The fourth-order valence-electron chi connectivity index (χ4n) is 14.6. The maximum atomic E-state index is 5.74. The molecular weight excluding hydrogens is 1170 g/mol. The molecule has 0 aromatic heterocycles. The highest BCUT2D eigenvalue weighted by molar-refractivity contribution is 6.47. The molecule has 0 spiro atoms. The normalized spacial score (nSPS) is 12.4. The second kappa shape index (κ2) is 75.7. The monoisotopic (exact) mass is 1340 g/mol. The topological polar surface area (TPSA) is 24.7 Å². The van der Waals surface area contributed by atoms with E-state index in [-0.39, 0.29) is 0 Å². The Kier molecular flexibility index (Phi) is 70.3. The van der Waals surface area contributed by atoms with Crippen LogP contribution in [0.3, 0.4) is 0 Å². The summed E-state index contributed by atoms with van der Waals surface area (Å²) in [6.07, 6.45) is 112. The highest BCUT2D eigenvalue weighted by atomic mass is 14.8. The predicted molar refractivity (Wildman–Crippen MR) is 443 cm³/mol. The Labute approximate surface area is 609 Å². The molecule has 0 aliphatic heterocycles. The fraction of sp³-hybridized carbons (Fsp3) is 0.789. The van der Waals surface area contributed by atoms with Crippen molar-refractivity contribution in [3.05, 3.63) is 96.1 Å². The Morgan fingerprint density at radius 3 is 0.722 bits per heavy atom. The molecule has 0 saturated heterocycles. The molecule has 2 rings (SSSR count). The molecule has 0 bridgehead atoms. The first kappa shape index (κ1) is 90.1. The lowest BCUT2D eigenvalue weighted by atomic mass is 10.0. The molecule has 0 saturated carbocycles. The van der Waals surface area contributed by atoms with Crippen molar-refractivity contribution in [2.45, 2.75) is 484 Å². The highest BCUT2D eigenvalue weighted by Crippen LogP contribution is 2.27. The summed E-state index contributed by atoms with van der Waals surface area (Å²) in [5.41, 5.74) is 7.26. The molecule has 2 heteroatoms. The van der Waals surface area contributed by atoms with E-state index in [1.807, 2.05) is 0 Å². The summed E-state index contributed by atoms with van der Waals surface area (Å²) in [5.74, 6) is 0. The summed E-state index contributed by atoms with van der Waals surface area (Å²) in [6.45, 7) is 9.28. The molecule has 0 atom stereocenters. The van der Waals surface area contributed by atoms with Gasteiger partial charge in [0.25, 0.3) is 0 Å². The van der Waals surface area contributed by atoms with E-state index in [9.17, 15) is 0 Å². The number of aryl methyl sites for hydroxylation is 2. The average Bonchev–Trinajstić information content (AvgIpc) is 1.04. The minimum absolute atomic E-state index is 0.970. The van der Waals surface area contributed by atoms with E-state index >= 15 is 0 Å². The standard InChI is InChI=1S/C95H168N2/c1-5-9-13-17-21-25-29-33-37-40-42-44-46-48-51-54-58-62-66-70-74-82-90-84-78-80-86-92(90)96-94(88-76-72-68-64-60-56-50-36-32-28-24-20-16-12-8-4)95(89-77-73-69-65-61-57-53-39-35-31-27-23-19-15-11-7-3)97-93-87-81-79-85-91(93)83-75-71-67-63-59-55-52-49-47-45-43-41-38-34-30-26-22-18-14-10-6-2/h66-67,70-71,77-81,84-87,89H,5-65,68-69,72-76,82-83,88H2,1-4H3/b70-66+,71-67+,89-77+,96-94?,97-95?. The number of aliphatic imine (C=N–C) groups is 2. The van der Waals surface area contributed by atoms with Gasteiger partial charge in [0.15, 0.2) is 0 Å². The van der Waals surface area contributed by atoms with Gasteiger partial charge in [0, 0.05) is 0 Å². The van der Waals surface area contributed by atoms with Crippen molar-refractivity contribution in [3.63, 3.8) is 0 Å².